The minimum Gasteiger partial charge on any atom is -0.545 e. The maximum absolute atomic E-state index is 10.7. The molecule has 0 atom stereocenters. The van der Waals surface area contributed by atoms with E-state index in [4.69, 9.17) is 27.5 Å². The predicted octanol–water partition coefficient (Wildman–Crippen LogP) is 2.17. The molecule has 0 spiro atoms. The summed E-state index contributed by atoms with van der Waals surface area (Å²) in [7, 11) is 1.49. The molecule has 6 nitrogen and oxygen atoms in total. The number of hydrogen-bond acceptors (Lipinski definition) is 6. The highest BCUT2D eigenvalue weighted by atomic mass is 35.5. The Hall–Kier alpha value is -3.17. The highest BCUT2D eigenvalue weighted by molar-refractivity contribution is 6.32. The normalized spacial score (nSPS) is 10.3. The fourth-order valence-electron chi connectivity index (χ4n) is 1.93. The molecule has 0 radical (unpaired) electrons. The maximum Gasteiger partial charge on any atom is 0.181 e. The van der Waals surface area contributed by atoms with Crippen molar-refractivity contribution in [2.75, 3.05) is 19.1 Å². The van der Waals surface area contributed by atoms with Gasteiger partial charge in [-0.05, 0) is 35.4 Å². The Morgan fingerprint density at radius 1 is 1.40 bits per heavy atom. The first-order valence-electron chi connectivity index (χ1n) is 7.09. The topological polar surface area (TPSA) is 83.0 Å². The van der Waals surface area contributed by atoms with Crippen LogP contribution in [0.3, 0.4) is 0 Å². The molecule has 1 N–H and O–H groups in total. The lowest BCUT2D eigenvalue weighted by atomic mass is 10.2. The number of nitrogens with zero attached hydrogens (tertiary/aromatic N) is 1. The lowest BCUT2D eigenvalue weighted by molar-refractivity contribution is -0.255. The van der Waals surface area contributed by atoms with Gasteiger partial charge < -0.3 is 19.4 Å². The number of carbonyl (C=O) groups excluding carboxylic acids is 1. The molecule has 0 aliphatic heterocycles. The van der Waals surface area contributed by atoms with Crippen molar-refractivity contribution in [1.29, 1.82) is 0 Å². The van der Waals surface area contributed by atoms with E-state index in [0.717, 1.165) is 0 Å². The van der Waals surface area contributed by atoms with Crippen LogP contribution in [0, 0.1) is 12.3 Å². The average Bonchev–Trinajstić information content (AvgIpc) is 2.61. The number of ether oxygens (including phenoxy) is 2. The van der Waals surface area contributed by atoms with Crippen LogP contribution in [0.5, 0.6) is 11.5 Å². The number of halogens is 1. The van der Waals surface area contributed by atoms with E-state index in [2.05, 4.69) is 16.4 Å². The van der Waals surface area contributed by atoms with E-state index >= 15 is 0 Å². The lowest BCUT2D eigenvalue weighted by Gasteiger charge is -2.11. The minimum atomic E-state index is -1.23. The van der Waals surface area contributed by atoms with Crippen LogP contribution in [0.2, 0.25) is 5.02 Å². The summed E-state index contributed by atoms with van der Waals surface area (Å²) in [5.74, 6) is 1.93. The highest BCUT2D eigenvalue weighted by Gasteiger charge is 2.11. The van der Waals surface area contributed by atoms with Gasteiger partial charge in [0.1, 0.15) is 6.61 Å². The first-order valence-corrected chi connectivity index (χ1v) is 7.47. The molecule has 7 heteroatoms. The summed E-state index contributed by atoms with van der Waals surface area (Å²) in [6.45, 7) is 0.0763. The number of carboxylic acids is 1. The maximum atomic E-state index is 10.7. The third-order valence-electron chi connectivity index (χ3n) is 3.08. The summed E-state index contributed by atoms with van der Waals surface area (Å²) >= 11 is 6.17. The van der Waals surface area contributed by atoms with E-state index in [-0.39, 0.29) is 12.2 Å². The van der Waals surface area contributed by atoms with E-state index in [9.17, 15) is 9.90 Å². The molecule has 0 aliphatic rings. The molecule has 25 heavy (non-hydrogen) atoms. The fraction of sp³-hybridized carbons (Fsp3) is 0.111. The molecule has 2 aromatic carbocycles. The molecule has 0 amide bonds. The standard InChI is InChI=1S/C18H15ClN2O4/c1-3-8-25-17-15(19)9-12(10-16(17)24-2)11-20-21-14-6-4-13(5-7-14)18(22)23/h1,4-7,9-11,21H,8H2,2H3,(H,22,23)/p-1/b20-11-. The van der Waals surface area contributed by atoms with E-state index in [1.807, 2.05) is 0 Å². The first-order chi connectivity index (χ1) is 12.0. The lowest BCUT2D eigenvalue weighted by Crippen LogP contribution is -2.21. The third kappa shape index (κ3) is 4.90. The van der Waals surface area contributed by atoms with Gasteiger partial charge in [-0.1, -0.05) is 29.7 Å². The monoisotopic (exact) mass is 357 g/mol. The quantitative estimate of drug-likeness (QED) is 0.466. The zero-order chi connectivity index (χ0) is 18.2. The van der Waals surface area contributed by atoms with E-state index in [0.29, 0.717) is 27.8 Å². The Labute approximate surface area is 150 Å². The Kier molecular flexibility index (Phi) is 6.26. The Bertz CT molecular complexity index is 826. The zero-order valence-electron chi connectivity index (χ0n) is 13.3. The Morgan fingerprint density at radius 2 is 2.12 bits per heavy atom. The molecule has 0 unspecified atom stereocenters. The number of nitrogens with one attached hydrogen (secondary N) is 1. The molecule has 0 saturated carbocycles. The molecule has 0 saturated heterocycles. The smallest absolute Gasteiger partial charge is 0.181 e. The molecule has 0 aliphatic carbocycles. The Morgan fingerprint density at radius 3 is 2.72 bits per heavy atom. The van der Waals surface area contributed by atoms with Crippen molar-refractivity contribution in [3.63, 3.8) is 0 Å². The second-order valence-corrected chi connectivity index (χ2v) is 5.17. The number of methoxy groups -OCH3 is 1. The van der Waals surface area contributed by atoms with Gasteiger partial charge in [-0.25, -0.2) is 0 Å². The summed E-state index contributed by atoms with van der Waals surface area (Å²) in [5, 5.41) is 15.1. The molecule has 2 rings (SSSR count). The summed E-state index contributed by atoms with van der Waals surface area (Å²) in [5.41, 5.74) is 4.16. The third-order valence-corrected chi connectivity index (χ3v) is 3.36. The molecule has 0 fully saturated rings. The van der Waals surface area contributed by atoms with Gasteiger partial charge in [-0.3, -0.25) is 5.43 Å². The van der Waals surface area contributed by atoms with Gasteiger partial charge in [0, 0.05) is 0 Å². The van der Waals surface area contributed by atoms with Crippen molar-refractivity contribution in [1.82, 2.24) is 0 Å². The SMILES string of the molecule is C#CCOc1c(Cl)cc(/C=N\Nc2ccc(C(=O)[O-])cc2)cc1OC. The number of rotatable bonds is 7. The average molecular weight is 358 g/mol. The van der Waals surface area contributed by atoms with Crippen molar-refractivity contribution in [2.24, 2.45) is 5.10 Å². The van der Waals surface area contributed by atoms with Crippen LogP contribution in [-0.4, -0.2) is 25.9 Å². The Balaban J connectivity index is 2.11. The fourth-order valence-corrected chi connectivity index (χ4v) is 2.20. The molecular formula is C18H14ClN2O4-. The van der Waals surface area contributed by atoms with Gasteiger partial charge in [0.25, 0.3) is 0 Å². The molecule has 0 heterocycles. The summed E-state index contributed by atoms with van der Waals surface area (Å²) < 4.78 is 10.6. The predicted molar refractivity (Wildman–Crippen MR) is 94.3 cm³/mol. The van der Waals surface area contributed by atoms with Crippen LogP contribution < -0.4 is 20.0 Å². The second kappa shape index (κ2) is 8.62. The van der Waals surface area contributed by atoms with Crippen molar-refractivity contribution in [2.45, 2.75) is 0 Å². The molecule has 0 aromatic heterocycles. The van der Waals surface area contributed by atoms with Gasteiger partial charge in [0.15, 0.2) is 11.5 Å². The largest absolute Gasteiger partial charge is 0.545 e. The van der Waals surface area contributed by atoms with Crippen LogP contribution in [0.25, 0.3) is 0 Å². The zero-order valence-corrected chi connectivity index (χ0v) is 14.0. The van der Waals surface area contributed by atoms with Crippen LogP contribution >= 0.6 is 11.6 Å². The van der Waals surface area contributed by atoms with Crippen LogP contribution in [0.4, 0.5) is 5.69 Å². The van der Waals surface area contributed by atoms with Crippen LogP contribution in [0.1, 0.15) is 15.9 Å². The minimum absolute atomic E-state index is 0.0763. The van der Waals surface area contributed by atoms with Crippen molar-refractivity contribution in [3.05, 3.63) is 52.5 Å². The second-order valence-electron chi connectivity index (χ2n) is 4.76. The summed E-state index contributed by atoms with van der Waals surface area (Å²) in [6, 6.07) is 9.34. The molecule has 128 valence electrons. The highest BCUT2D eigenvalue weighted by Crippen LogP contribution is 2.35. The summed E-state index contributed by atoms with van der Waals surface area (Å²) in [6.07, 6.45) is 6.70. The first kappa shape index (κ1) is 18.2. The molecular weight excluding hydrogens is 344 g/mol. The number of anilines is 1. The number of aromatic carboxylic acids is 1. The van der Waals surface area contributed by atoms with Crippen LogP contribution in [-0.2, 0) is 0 Å². The summed E-state index contributed by atoms with van der Waals surface area (Å²) in [4.78, 5) is 10.7. The van der Waals surface area contributed by atoms with E-state index < -0.39 is 5.97 Å². The molecule has 0 bridgehead atoms. The van der Waals surface area contributed by atoms with Gasteiger partial charge in [0.05, 0.1) is 30.0 Å². The van der Waals surface area contributed by atoms with Crippen molar-refractivity contribution in [3.8, 4) is 23.8 Å². The van der Waals surface area contributed by atoms with Crippen molar-refractivity contribution < 1.29 is 19.4 Å². The van der Waals surface area contributed by atoms with E-state index in [1.165, 1.54) is 25.5 Å². The van der Waals surface area contributed by atoms with Gasteiger partial charge >= 0.3 is 0 Å². The van der Waals surface area contributed by atoms with E-state index in [1.54, 1.807) is 24.3 Å². The number of hydrogen-bond donors (Lipinski definition) is 1. The van der Waals surface area contributed by atoms with Crippen molar-refractivity contribution >= 4 is 29.5 Å². The number of benzene rings is 2. The number of hydrazone groups is 1. The number of terminal acetylenes is 1. The number of carbonyl (C=O) groups is 1. The van der Waals surface area contributed by atoms with Gasteiger partial charge in [0.2, 0.25) is 0 Å². The van der Waals surface area contributed by atoms with Gasteiger partial charge in [-0.2, -0.15) is 5.10 Å². The van der Waals surface area contributed by atoms with Gasteiger partial charge in [-0.15, -0.1) is 6.42 Å². The van der Waals surface area contributed by atoms with Crippen LogP contribution in [0.15, 0.2) is 41.5 Å². The number of carboxylic acid groups (broad SMARTS) is 1. The molecule has 2 aromatic rings.